The van der Waals surface area contributed by atoms with Gasteiger partial charge in [0.25, 0.3) is 5.91 Å². The molecule has 1 rings (SSSR count). The van der Waals surface area contributed by atoms with Crippen molar-refractivity contribution in [2.45, 2.75) is 6.92 Å². The molecular weight excluding hydrogens is 270 g/mol. The molecule has 1 amide bonds. The maximum Gasteiger partial charge on any atom is 0.269 e. The smallest absolute Gasteiger partial charge is 0.269 e. The highest BCUT2D eigenvalue weighted by molar-refractivity contribution is 9.10. The molecule has 1 N–H and O–H groups in total. The van der Waals surface area contributed by atoms with E-state index in [1.54, 1.807) is 18.3 Å². The fourth-order valence-corrected chi connectivity index (χ4v) is 1.35. The van der Waals surface area contributed by atoms with E-state index in [1.165, 1.54) is 0 Å². The van der Waals surface area contributed by atoms with Gasteiger partial charge in [0.15, 0.2) is 0 Å². The van der Waals surface area contributed by atoms with Crippen LogP contribution in [0.5, 0.6) is 0 Å². The van der Waals surface area contributed by atoms with Crippen molar-refractivity contribution in [1.82, 2.24) is 15.2 Å². The summed E-state index contributed by atoms with van der Waals surface area (Å²) in [6.45, 7) is 4.55. The van der Waals surface area contributed by atoms with E-state index in [9.17, 15) is 4.79 Å². The predicted octanol–water partition coefficient (Wildman–Crippen LogP) is 1.53. The van der Waals surface area contributed by atoms with E-state index in [0.29, 0.717) is 12.2 Å². The number of pyridine rings is 1. The minimum atomic E-state index is -0.128. The summed E-state index contributed by atoms with van der Waals surface area (Å²) in [4.78, 5) is 17.8. The molecule has 0 spiro atoms. The molecule has 1 aromatic rings. The zero-order chi connectivity index (χ0) is 12.0. The predicted molar refractivity (Wildman–Crippen MR) is 67.4 cm³/mol. The molecule has 0 radical (unpaired) electrons. The highest BCUT2D eigenvalue weighted by atomic mass is 79.9. The Balaban J connectivity index is 2.38. The van der Waals surface area contributed by atoms with Gasteiger partial charge in [-0.05, 0) is 41.7 Å². The average Bonchev–Trinajstić information content (AvgIpc) is 2.29. The van der Waals surface area contributed by atoms with Crippen molar-refractivity contribution in [2.24, 2.45) is 0 Å². The number of carbonyl (C=O) groups is 1. The molecule has 0 unspecified atom stereocenters. The van der Waals surface area contributed by atoms with Gasteiger partial charge in [0.1, 0.15) is 5.69 Å². The highest BCUT2D eigenvalue weighted by Gasteiger charge is 2.05. The van der Waals surface area contributed by atoms with E-state index in [1.807, 2.05) is 7.05 Å². The second-order valence-electron chi connectivity index (χ2n) is 3.51. The lowest BCUT2D eigenvalue weighted by molar-refractivity contribution is 0.0945. The lowest BCUT2D eigenvalue weighted by Gasteiger charge is -2.13. The highest BCUT2D eigenvalue weighted by Crippen LogP contribution is 2.06. The first-order valence-electron chi connectivity index (χ1n) is 5.21. The van der Waals surface area contributed by atoms with E-state index < -0.39 is 0 Å². The largest absolute Gasteiger partial charge is 0.349 e. The lowest BCUT2D eigenvalue weighted by Crippen LogP contribution is -2.33. The van der Waals surface area contributed by atoms with Gasteiger partial charge in [-0.3, -0.25) is 4.79 Å². The molecule has 0 atom stereocenters. The van der Waals surface area contributed by atoms with Crippen molar-refractivity contribution in [2.75, 3.05) is 26.7 Å². The quantitative estimate of drug-likeness (QED) is 0.892. The van der Waals surface area contributed by atoms with Crippen LogP contribution in [-0.4, -0.2) is 42.5 Å². The molecule has 0 saturated carbocycles. The van der Waals surface area contributed by atoms with Gasteiger partial charge in [0, 0.05) is 23.8 Å². The Morgan fingerprint density at radius 1 is 1.56 bits per heavy atom. The third-order valence-corrected chi connectivity index (χ3v) is 2.75. The van der Waals surface area contributed by atoms with Crippen LogP contribution >= 0.6 is 15.9 Å². The lowest BCUT2D eigenvalue weighted by atomic mass is 10.3. The number of aromatic nitrogens is 1. The molecule has 5 heteroatoms. The number of hydrogen-bond donors (Lipinski definition) is 1. The van der Waals surface area contributed by atoms with Crippen LogP contribution in [0.15, 0.2) is 22.8 Å². The number of nitrogens with one attached hydrogen (secondary N) is 1. The summed E-state index contributed by atoms with van der Waals surface area (Å²) in [6.07, 6.45) is 1.62. The van der Waals surface area contributed by atoms with Crippen LogP contribution in [0.2, 0.25) is 0 Å². The molecule has 0 fully saturated rings. The van der Waals surface area contributed by atoms with Crippen LogP contribution in [0, 0.1) is 0 Å². The van der Waals surface area contributed by atoms with Gasteiger partial charge in [0.05, 0.1) is 0 Å². The Bertz CT molecular complexity index is 340. The molecule has 0 saturated heterocycles. The number of likely N-dealkylation sites (N-methyl/N-ethyl adjacent to an activating group) is 1. The van der Waals surface area contributed by atoms with Crippen molar-refractivity contribution < 1.29 is 4.79 Å². The Hall–Kier alpha value is -0.940. The van der Waals surface area contributed by atoms with Crippen LogP contribution in [0.25, 0.3) is 0 Å². The monoisotopic (exact) mass is 285 g/mol. The molecule has 4 nitrogen and oxygen atoms in total. The molecule has 16 heavy (non-hydrogen) atoms. The summed E-state index contributed by atoms with van der Waals surface area (Å²) in [7, 11) is 2.02. The SMILES string of the molecule is CCN(C)CCNC(=O)c1ccc(Br)cn1. The van der Waals surface area contributed by atoms with Crippen LogP contribution in [0.4, 0.5) is 0 Å². The molecule has 0 aliphatic carbocycles. The van der Waals surface area contributed by atoms with Crippen LogP contribution < -0.4 is 5.32 Å². The average molecular weight is 286 g/mol. The Morgan fingerprint density at radius 3 is 2.88 bits per heavy atom. The topological polar surface area (TPSA) is 45.2 Å². The van der Waals surface area contributed by atoms with E-state index in [0.717, 1.165) is 17.6 Å². The third kappa shape index (κ3) is 4.28. The third-order valence-electron chi connectivity index (χ3n) is 2.28. The van der Waals surface area contributed by atoms with Crippen LogP contribution in [0.3, 0.4) is 0 Å². The standard InChI is InChI=1S/C11H16BrN3O/c1-3-15(2)7-6-13-11(16)10-5-4-9(12)8-14-10/h4-5,8H,3,6-7H2,1-2H3,(H,13,16). The van der Waals surface area contributed by atoms with Gasteiger partial charge >= 0.3 is 0 Å². The van der Waals surface area contributed by atoms with Crippen molar-refractivity contribution in [3.8, 4) is 0 Å². The van der Waals surface area contributed by atoms with Gasteiger partial charge in [-0.2, -0.15) is 0 Å². The molecule has 0 aliphatic rings. The fraction of sp³-hybridized carbons (Fsp3) is 0.455. The van der Waals surface area contributed by atoms with Crippen LogP contribution in [-0.2, 0) is 0 Å². The summed E-state index contributed by atoms with van der Waals surface area (Å²) in [6, 6.07) is 3.50. The first-order valence-corrected chi connectivity index (χ1v) is 6.01. The fourth-order valence-electron chi connectivity index (χ4n) is 1.12. The Kier molecular flexibility index (Phi) is 5.42. The first kappa shape index (κ1) is 13.1. The number of nitrogens with zero attached hydrogens (tertiary/aromatic N) is 2. The summed E-state index contributed by atoms with van der Waals surface area (Å²) in [5, 5.41) is 2.83. The minimum Gasteiger partial charge on any atom is -0.349 e. The van der Waals surface area contributed by atoms with Crippen molar-refractivity contribution in [3.63, 3.8) is 0 Å². The van der Waals surface area contributed by atoms with Gasteiger partial charge in [-0.25, -0.2) is 4.98 Å². The number of hydrogen-bond acceptors (Lipinski definition) is 3. The summed E-state index contributed by atoms with van der Waals surface area (Å²) >= 11 is 3.27. The molecule has 1 heterocycles. The summed E-state index contributed by atoms with van der Waals surface area (Å²) in [5.41, 5.74) is 0.447. The van der Waals surface area contributed by atoms with E-state index >= 15 is 0 Å². The van der Waals surface area contributed by atoms with Crippen molar-refractivity contribution in [3.05, 3.63) is 28.5 Å². The van der Waals surface area contributed by atoms with Gasteiger partial charge in [-0.15, -0.1) is 0 Å². The summed E-state index contributed by atoms with van der Waals surface area (Å²) < 4.78 is 0.870. The molecule has 0 aromatic carbocycles. The van der Waals surface area contributed by atoms with E-state index in [4.69, 9.17) is 0 Å². The van der Waals surface area contributed by atoms with E-state index in [-0.39, 0.29) is 5.91 Å². The Morgan fingerprint density at radius 2 is 2.31 bits per heavy atom. The second-order valence-corrected chi connectivity index (χ2v) is 4.43. The van der Waals surface area contributed by atoms with Gasteiger partial charge in [-0.1, -0.05) is 6.92 Å². The number of amides is 1. The van der Waals surface area contributed by atoms with Gasteiger partial charge < -0.3 is 10.2 Å². The van der Waals surface area contributed by atoms with Crippen molar-refractivity contribution >= 4 is 21.8 Å². The number of carbonyl (C=O) groups excluding carboxylic acids is 1. The zero-order valence-electron chi connectivity index (χ0n) is 9.53. The molecule has 0 bridgehead atoms. The molecular formula is C11H16BrN3O. The molecule has 0 aliphatic heterocycles. The molecule has 1 aromatic heterocycles. The minimum absolute atomic E-state index is 0.128. The van der Waals surface area contributed by atoms with Crippen molar-refractivity contribution in [1.29, 1.82) is 0 Å². The summed E-state index contributed by atoms with van der Waals surface area (Å²) in [5.74, 6) is -0.128. The zero-order valence-corrected chi connectivity index (χ0v) is 11.1. The number of rotatable bonds is 5. The molecule has 88 valence electrons. The Labute approximate surface area is 104 Å². The van der Waals surface area contributed by atoms with E-state index in [2.05, 4.69) is 38.1 Å². The maximum atomic E-state index is 11.6. The normalized spacial score (nSPS) is 10.5. The van der Waals surface area contributed by atoms with Crippen LogP contribution in [0.1, 0.15) is 17.4 Å². The maximum absolute atomic E-state index is 11.6. The number of halogens is 1. The second kappa shape index (κ2) is 6.60. The first-order chi connectivity index (χ1) is 7.63. The van der Waals surface area contributed by atoms with Gasteiger partial charge in [0.2, 0.25) is 0 Å².